The van der Waals surface area contributed by atoms with E-state index in [9.17, 15) is 4.79 Å². The first-order chi connectivity index (χ1) is 11.1. The van der Waals surface area contributed by atoms with E-state index in [1.54, 1.807) is 0 Å². The van der Waals surface area contributed by atoms with Gasteiger partial charge < -0.3 is 11.1 Å². The number of nitrogens with one attached hydrogen (secondary N) is 1. The molecule has 0 radical (unpaired) electrons. The molecule has 0 aromatic heterocycles. The molecule has 0 heterocycles. The van der Waals surface area contributed by atoms with E-state index in [-0.39, 0.29) is 24.4 Å². The number of carbonyl (C=O) groups excluding carboxylic acids is 1. The molecule has 24 heavy (non-hydrogen) atoms. The Balaban J connectivity index is 0.00000208. The zero-order valence-electron chi connectivity index (χ0n) is 13.4. The molecule has 0 bridgehead atoms. The van der Waals surface area contributed by atoms with Crippen molar-refractivity contribution in [3.63, 3.8) is 0 Å². The lowest BCUT2D eigenvalue weighted by Gasteiger charge is -2.34. The Morgan fingerprint density at radius 3 is 2.29 bits per heavy atom. The average molecular weight is 365 g/mol. The summed E-state index contributed by atoms with van der Waals surface area (Å²) in [5, 5.41) is 3.92. The Kier molecular flexibility index (Phi) is 6.52. The summed E-state index contributed by atoms with van der Waals surface area (Å²) in [5.74, 6) is 0.563. The van der Waals surface area contributed by atoms with Crippen molar-refractivity contribution in [1.82, 2.24) is 5.32 Å². The highest BCUT2D eigenvalue weighted by atomic mass is 35.5. The number of hydrogen-bond acceptors (Lipinski definition) is 2. The molecular formula is C19H22Cl2N2O. The Bertz CT molecular complexity index is 667. The van der Waals surface area contributed by atoms with Crippen LogP contribution in [0, 0.1) is 5.92 Å². The average Bonchev–Trinajstić information content (AvgIpc) is 2.48. The molecule has 128 valence electrons. The Labute approximate surface area is 154 Å². The smallest absolute Gasteiger partial charge is 0.224 e. The molecule has 0 spiro atoms. The molecule has 1 saturated carbocycles. The van der Waals surface area contributed by atoms with Gasteiger partial charge in [0.2, 0.25) is 5.91 Å². The van der Waals surface area contributed by atoms with E-state index in [0.717, 1.165) is 24.0 Å². The van der Waals surface area contributed by atoms with Crippen molar-refractivity contribution in [2.75, 3.05) is 5.73 Å². The van der Waals surface area contributed by atoms with Crippen molar-refractivity contribution in [2.45, 2.75) is 31.7 Å². The molecule has 0 aliphatic heterocycles. The van der Waals surface area contributed by atoms with Gasteiger partial charge in [0.05, 0.1) is 12.5 Å². The lowest BCUT2D eigenvalue weighted by molar-refractivity contribution is -0.121. The quantitative estimate of drug-likeness (QED) is 0.764. The minimum absolute atomic E-state index is 0. The number of carbonyl (C=O) groups is 1. The van der Waals surface area contributed by atoms with Crippen LogP contribution in [0.25, 0.3) is 0 Å². The van der Waals surface area contributed by atoms with Gasteiger partial charge in [-0.25, -0.2) is 0 Å². The topological polar surface area (TPSA) is 55.1 Å². The first kappa shape index (κ1) is 18.6. The molecule has 5 heteroatoms. The van der Waals surface area contributed by atoms with E-state index in [1.165, 1.54) is 6.42 Å². The maximum atomic E-state index is 12.4. The maximum absolute atomic E-state index is 12.4. The van der Waals surface area contributed by atoms with Crippen LogP contribution in [0.15, 0.2) is 48.5 Å². The fraction of sp³-hybridized carbons (Fsp3) is 0.316. The molecule has 2 aromatic rings. The molecule has 0 saturated heterocycles. The fourth-order valence-corrected chi connectivity index (χ4v) is 3.09. The van der Waals surface area contributed by atoms with Crippen molar-refractivity contribution in [3.05, 3.63) is 64.7 Å². The molecule has 1 atom stereocenters. The number of nitrogens with two attached hydrogens (primary N) is 1. The van der Waals surface area contributed by atoms with Gasteiger partial charge >= 0.3 is 0 Å². The van der Waals surface area contributed by atoms with Gasteiger partial charge in [-0.3, -0.25) is 4.79 Å². The van der Waals surface area contributed by atoms with Crippen LogP contribution in [0.3, 0.4) is 0 Å². The predicted molar refractivity (Wildman–Crippen MR) is 101 cm³/mol. The third kappa shape index (κ3) is 4.65. The minimum Gasteiger partial charge on any atom is -0.399 e. The van der Waals surface area contributed by atoms with Crippen LogP contribution in [-0.4, -0.2) is 5.91 Å². The van der Waals surface area contributed by atoms with Crippen LogP contribution in [-0.2, 0) is 11.2 Å². The second-order valence-electron chi connectivity index (χ2n) is 6.21. The predicted octanol–water partition coefficient (Wildman–Crippen LogP) is 4.54. The summed E-state index contributed by atoms with van der Waals surface area (Å²) in [7, 11) is 0. The third-order valence-corrected chi connectivity index (χ3v) is 4.76. The van der Waals surface area contributed by atoms with E-state index in [4.69, 9.17) is 17.3 Å². The van der Waals surface area contributed by atoms with Gasteiger partial charge in [-0.2, -0.15) is 0 Å². The van der Waals surface area contributed by atoms with Crippen LogP contribution < -0.4 is 11.1 Å². The Hall–Kier alpha value is -1.71. The molecular weight excluding hydrogens is 343 g/mol. The molecule has 1 unspecified atom stereocenters. The molecule has 1 fully saturated rings. The number of rotatable bonds is 5. The molecule has 3 rings (SSSR count). The number of hydrogen-bond donors (Lipinski definition) is 2. The highest BCUT2D eigenvalue weighted by Crippen LogP contribution is 2.38. The highest BCUT2D eigenvalue weighted by molar-refractivity contribution is 6.30. The van der Waals surface area contributed by atoms with Crippen molar-refractivity contribution >= 4 is 35.6 Å². The maximum Gasteiger partial charge on any atom is 0.224 e. The summed E-state index contributed by atoms with van der Waals surface area (Å²) in [4.78, 5) is 12.4. The highest BCUT2D eigenvalue weighted by Gasteiger charge is 2.29. The molecule has 3 N–H and O–H groups in total. The van der Waals surface area contributed by atoms with E-state index in [1.807, 2.05) is 48.5 Å². The summed E-state index contributed by atoms with van der Waals surface area (Å²) < 4.78 is 0. The second-order valence-corrected chi connectivity index (χ2v) is 6.64. The number of amides is 1. The summed E-state index contributed by atoms with van der Waals surface area (Å²) in [5.41, 5.74) is 8.49. The summed E-state index contributed by atoms with van der Waals surface area (Å²) in [6.45, 7) is 0. The Morgan fingerprint density at radius 2 is 1.75 bits per heavy atom. The van der Waals surface area contributed by atoms with Gasteiger partial charge in [-0.15, -0.1) is 12.4 Å². The summed E-state index contributed by atoms with van der Waals surface area (Å²) in [6, 6.07) is 15.3. The van der Waals surface area contributed by atoms with Gasteiger partial charge in [0.15, 0.2) is 0 Å². The van der Waals surface area contributed by atoms with Gasteiger partial charge in [-0.1, -0.05) is 42.3 Å². The lowest BCUT2D eigenvalue weighted by atomic mass is 9.77. The van der Waals surface area contributed by atoms with E-state index >= 15 is 0 Å². The fourth-order valence-electron chi connectivity index (χ4n) is 2.96. The summed E-state index contributed by atoms with van der Waals surface area (Å²) in [6.07, 6.45) is 3.94. The number of benzene rings is 2. The van der Waals surface area contributed by atoms with E-state index < -0.39 is 0 Å². The van der Waals surface area contributed by atoms with Gasteiger partial charge in [-0.05, 0) is 54.2 Å². The molecule has 1 aliphatic rings. The SMILES string of the molecule is Cl.Nc1ccc(CC(=O)NC(c2ccc(Cl)cc2)C2CCC2)cc1. The summed E-state index contributed by atoms with van der Waals surface area (Å²) >= 11 is 5.97. The number of halogens is 2. The van der Waals surface area contributed by atoms with Gasteiger partial charge in [0, 0.05) is 10.7 Å². The standard InChI is InChI=1S/C19H21ClN2O.ClH/c20-16-8-6-15(7-9-16)19(14-2-1-3-14)22-18(23)12-13-4-10-17(21)11-5-13;/h4-11,14,19H,1-3,12,21H2,(H,22,23);1H. The van der Waals surface area contributed by atoms with Crippen LogP contribution in [0.2, 0.25) is 5.02 Å². The third-order valence-electron chi connectivity index (χ3n) is 4.51. The molecule has 1 amide bonds. The van der Waals surface area contributed by atoms with Crippen molar-refractivity contribution in [1.29, 1.82) is 0 Å². The lowest BCUT2D eigenvalue weighted by Crippen LogP contribution is -2.37. The van der Waals surface area contributed by atoms with Crippen LogP contribution in [0.4, 0.5) is 5.69 Å². The van der Waals surface area contributed by atoms with Crippen molar-refractivity contribution in [2.24, 2.45) is 5.92 Å². The largest absolute Gasteiger partial charge is 0.399 e. The molecule has 1 aliphatic carbocycles. The monoisotopic (exact) mass is 364 g/mol. The first-order valence-electron chi connectivity index (χ1n) is 8.01. The van der Waals surface area contributed by atoms with Crippen LogP contribution >= 0.6 is 24.0 Å². The molecule has 2 aromatic carbocycles. The Morgan fingerprint density at radius 1 is 1.12 bits per heavy atom. The minimum atomic E-state index is 0. The van der Waals surface area contributed by atoms with Crippen molar-refractivity contribution in [3.8, 4) is 0 Å². The zero-order valence-corrected chi connectivity index (χ0v) is 14.9. The van der Waals surface area contributed by atoms with Gasteiger partial charge in [0.25, 0.3) is 0 Å². The van der Waals surface area contributed by atoms with E-state index in [0.29, 0.717) is 23.0 Å². The van der Waals surface area contributed by atoms with Gasteiger partial charge in [0.1, 0.15) is 0 Å². The first-order valence-corrected chi connectivity index (χ1v) is 8.39. The van der Waals surface area contributed by atoms with E-state index in [2.05, 4.69) is 5.32 Å². The van der Waals surface area contributed by atoms with Crippen LogP contribution in [0.5, 0.6) is 0 Å². The zero-order chi connectivity index (χ0) is 16.2. The normalized spacial score (nSPS) is 15.0. The second kappa shape index (κ2) is 8.41. The van der Waals surface area contributed by atoms with Crippen molar-refractivity contribution < 1.29 is 4.79 Å². The number of nitrogen functional groups attached to an aromatic ring is 1. The molecule has 3 nitrogen and oxygen atoms in total. The van der Waals surface area contributed by atoms with Crippen LogP contribution in [0.1, 0.15) is 36.4 Å². The number of anilines is 1.